The number of hydrogen-bond donors (Lipinski definition) is 2. The van der Waals surface area contributed by atoms with Gasteiger partial charge in [-0.3, -0.25) is 4.99 Å². The molecule has 2 N–H and O–H groups in total. The molecular formula is C18H30N4O3S. The number of benzene rings is 1. The van der Waals surface area contributed by atoms with Crippen LogP contribution >= 0.6 is 0 Å². The number of nitrogens with one attached hydrogen (secondary N) is 2. The lowest BCUT2D eigenvalue weighted by molar-refractivity contribution is 0.280. The number of ether oxygens (including phenoxy) is 1. The summed E-state index contributed by atoms with van der Waals surface area (Å²) in [5.41, 5.74) is 0. The molecule has 0 aromatic heterocycles. The fourth-order valence-corrected chi connectivity index (χ4v) is 3.71. The van der Waals surface area contributed by atoms with E-state index in [-0.39, 0.29) is 0 Å². The second-order valence-electron chi connectivity index (χ2n) is 6.41. The summed E-state index contributed by atoms with van der Waals surface area (Å²) in [5.74, 6) is 2.05. The summed E-state index contributed by atoms with van der Waals surface area (Å²) in [7, 11) is -3.07. The second-order valence-corrected chi connectivity index (χ2v) is 8.40. The lowest BCUT2D eigenvalue weighted by Crippen LogP contribution is -2.41. The first kappa shape index (κ1) is 20.5. The SMILES string of the molecule is CCNC(=NCC1CCN(S(C)(=O)=O)CC1)NCCOc1ccccc1. The van der Waals surface area contributed by atoms with Gasteiger partial charge in [-0.1, -0.05) is 18.2 Å². The number of sulfonamides is 1. The summed E-state index contributed by atoms with van der Waals surface area (Å²) in [5, 5.41) is 6.50. The van der Waals surface area contributed by atoms with E-state index in [2.05, 4.69) is 15.6 Å². The zero-order chi connectivity index (χ0) is 18.8. The Kier molecular flexibility index (Phi) is 8.18. The average Bonchev–Trinajstić information content (AvgIpc) is 2.63. The van der Waals surface area contributed by atoms with Crippen molar-refractivity contribution in [3.8, 4) is 5.75 Å². The van der Waals surface area contributed by atoms with Crippen LogP contribution in [-0.4, -0.2) is 64.3 Å². The molecule has 146 valence electrons. The van der Waals surface area contributed by atoms with E-state index in [1.54, 1.807) is 4.31 Å². The van der Waals surface area contributed by atoms with Crippen LogP contribution in [0.25, 0.3) is 0 Å². The van der Waals surface area contributed by atoms with Gasteiger partial charge < -0.3 is 15.4 Å². The van der Waals surface area contributed by atoms with Crippen LogP contribution in [0.2, 0.25) is 0 Å². The van der Waals surface area contributed by atoms with Gasteiger partial charge in [-0.25, -0.2) is 12.7 Å². The van der Waals surface area contributed by atoms with Crippen LogP contribution in [0.5, 0.6) is 5.75 Å². The molecule has 1 aliphatic rings. The third kappa shape index (κ3) is 7.21. The molecule has 7 nitrogen and oxygen atoms in total. The number of piperidine rings is 1. The first-order valence-electron chi connectivity index (χ1n) is 9.14. The molecule has 1 saturated heterocycles. The van der Waals surface area contributed by atoms with Gasteiger partial charge in [0.05, 0.1) is 12.8 Å². The van der Waals surface area contributed by atoms with Crippen molar-refractivity contribution < 1.29 is 13.2 Å². The molecule has 0 unspecified atom stereocenters. The van der Waals surface area contributed by atoms with Crippen LogP contribution in [0.1, 0.15) is 19.8 Å². The molecule has 2 rings (SSSR count). The molecule has 1 fully saturated rings. The van der Waals surface area contributed by atoms with Crippen molar-refractivity contribution in [2.45, 2.75) is 19.8 Å². The molecule has 1 aromatic rings. The molecule has 0 bridgehead atoms. The van der Waals surface area contributed by atoms with Crippen LogP contribution in [0.3, 0.4) is 0 Å². The summed E-state index contributed by atoms with van der Waals surface area (Å²) in [6.07, 6.45) is 2.98. The standard InChI is InChI=1S/C18H30N4O3S/c1-3-19-18(20-11-14-25-17-7-5-4-6-8-17)21-15-16-9-12-22(13-10-16)26(2,23)24/h4-8,16H,3,9-15H2,1-2H3,(H2,19,20,21). The van der Waals surface area contributed by atoms with Gasteiger partial charge in [0.15, 0.2) is 5.96 Å². The van der Waals surface area contributed by atoms with E-state index in [1.165, 1.54) is 6.26 Å². The molecule has 8 heteroatoms. The molecular weight excluding hydrogens is 352 g/mol. The molecule has 0 amide bonds. The van der Waals surface area contributed by atoms with Crippen molar-refractivity contribution >= 4 is 16.0 Å². The number of nitrogens with zero attached hydrogens (tertiary/aromatic N) is 2. The van der Waals surface area contributed by atoms with Crippen LogP contribution in [0, 0.1) is 5.92 Å². The maximum atomic E-state index is 11.6. The Morgan fingerprint density at radius 2 is 1.92 bits per heavy atom. The van der Waals surface area contributed by atoms with Crippen molar-refractivity contribution in [2.24, 2.45) is 10.9 Å². The molecule has 26 heavy (non-hydrogen) atoms. The number of para-hydroxylation sites is 1. The van der Waals surface area contributed by atoms with Crippen LogP contribution in [0.15, 0.2) is 35.3 Å². The maximum Gasteiger partial charge on any atom is 0.211 e. The van der Waals surface area contributed by atoms with Gasteiger partial charge >= 0.3 is 0 Å². The Balaban J connectivity index is 1.72. The molecule has 0 saturated carbocycles. The minimum Gasteiger partial charge on any atom is -0.492 e. The monoisotopic (exact) mass is 382 g/mol. The summed E-state index contributed by atoms with van der Waals surface area (Å²) < 4.78 is 30.3. The van der Waals surface area contributed by atoms with Crippen LogP contribution in [0.4, 0.5) is 0 Å². The predicted octanol–water partition coefficient (Wildman–Crippen LogP) is 1.29. The van der Waals surface area contributed by atoms with E-state index in [0.29, 0.717) is 38.7 Å². The summed E-state index contributed by atoms with van der Waals surface area (Å²) in [4.78, 5) is 4.64. The van der Waals surface area contributed by atoms with Crippen molar-refractivity contribution in [1.29, 1.82) is 0 Å². The van der Waals surface area contributed by atoms with Gasteiger partial charge in [0.2, 0.25) is 10.0 Å². The molecule has 0 radical (unpaired) electrons. The molecule has 1 aliphatic heterocycles. The Morgan fingerprint density at radius 1 is 1.23 bits per heavy atom. The summed E-state index contributed by atoms with van der Waals surface area (Å²) in [6.45, 7) is 5.92. The first-order valence-corrected chi connectivity index (χ1v) is 11.0. The Labute approximate surface area is 156 Å². The lowest BCUT2D eigenvalue weighted by Gasteiger charge is -2.29. The lowest BCUT2D eigenvalue weighted by atomic mass is 9.98. The van der Waals surface area contributed by atoms with Crippen molar-refractivity contribution in [3.63, 3.8) is 0 Å². The van der Waals surface area contributed by atoms with Gasteiger partial charge in [-0.15, -0.1) is 0 Å². The highest BCUT2D eigenvalue weighted by atomic mass is 32.2. The smallest absolute Gasteiger partial charge is 0.211 e. The zero-order valence-corrected chi connectivity index (χ0v) is 16.5. The third-order valence-corrected chi connectivity index (χ3v) is 5.60. The van der Waals surface area contributed by atoms with Crippen molar-refractivity contribution in [1.82, 2.24) is 14.9 Å². The van der Waals surface area contributed by atoms with E-state index >= 15 is 0 Å². The minimum absolute atomic E-state index is 0.420. The number of rotatable bonds is 8. The molecule has 0 spiro atoms. The zero-order valence-electron chi connectivity index (χ0n) is 15.6. The summed E-state index contributed by atoms with van der Waals surface area (Å²) >= 11 is 0. The van der Waals surface area contributed by atoms with E-state index in [9.17, 15) is 8.42 Å². The fraction of sp³-hybridized carbons (Fsp3) is 0.611. The topological polar surface area (TPSA) is 83.0 Å². The van der Waals surface area contributed by atoms with Crippen LogP contribution in [-0.2, 0) is 10.0 Å². The molecule has 0 atom stereocenters. The van der Waals surface area contributed by atoms with E-state index in [4.69, 9.17) is 4.74 Å². The molecule has 0 aliphatic carbocycles. The van der Waals surface area contributed by atoms with Crippen LogP contribution < -0.4 is 15.4 Å². The van der Waals surface area contributed by atoms with Gasteiger partial charge in [0.1, 0.15) is 12.4 Å². The minimum atomic E-state index is -3.07. The van der Waals surface area contributed by atoms with Crippen molar-refractivity contribution in [2.75, 3.05) is 45.6 Å². The van der Waals surface area contributed by atoms with Gasteiger partial charge in [-0.05, 0) is 37.8 Å². The Morgan fingerprint density at radius 3 is 2.54 bits per heavy atom. The number of guanidine groups is 1. The van der Waals surface area contributed by atoms with Gasteiger partial charge in [0.25, 0.3) is 0 Å². The quantitative estimate of drug-likeness (QED) is 0.402. The molecule has 1 aromatic carbocycles. The average molecular weight is 383 g/mol. The second kappa shape index (κ2) is 10.4. The van der Waals surface area contributed by atoms with Crippen molar-refractivity contribution in [3.05, 3.63) is 30.3 Å². The van der Waals surface area contributed by atoms with Gasteiger partial charge in [-0.2, -0.15) is 0 Å². The molecule has 1 heterocycles. The highest BCUT2D eigenvalue weighted by Gasteiger charge is 2.24. The van der Waals surface area contributed by atoms with E-state index in [1.807, 2.05) is 37.3 Å². The number of aliphatic imine (C=N–C) groups is 1. The highest BCUT2D eigenvalue weighted by molar-refractivity contribution is 7.88. The summed E-state index contributed by atoms with van der Waals surface area (Å²) in [6, 6.07) is 9.72. The third-order valence-electron chi connectivity index (χ3n) is 4.30. The van der Waals surface area contributed by atoms with E-state index in [0.717, 1.165) is 31.1 Å². The Hall–Kier alpha value is -1.80. The van der Waals surface area contributed by atoms with E-state index < -0.39 is 10.0 Å². The normalized spacial score (nSPS) is 17.1. The largest absolute Gasteiger partial charge is 0.492 e. The van der Waals surface area contributed by atoms with Gasteiger partial charge in [0, 0.05) is 26.2 Å². The Bertz CT molecular complexity index is 656. The predicted molar refractivity (Wildman–Crippen MR) is 105 cm³/mol. The maximum absolute atomic E-state index is 11.6. The first-order chi connectivity index (χ1) is 12.5. The number of hydrogen-bond acceptors (Lipinski definition) is 4. The fourth-order valence-electron chi connectivity index (χ4n) is 2.84. The highest BCUT2D eigenvalue weighted by Crippen LogP contribution is 2.19.